The highest BCUT2D eigenvalue weighted by atomic mass is 19.3. The van der Waals surface area contributed by atoms with Crippen molar-refractivity contribution in [1.82, 2.24) is 25.2 Å². The summed E-state index contributed by atoms with van der Waals surface area (Å²) in [5.41, 5.74) is 0.858. The van der Waals surface area contributed by atoms with Crippen LogP contribution in [0.4, 0.5) is 17.6 Å². The molecule has 4 aromatic rings. The van der Waals surface area contributed by atoms with Gasteiger partial charge in [0.2, 0.25) is 0 Å². The van der Waals surface area contributed by atoms with Crippen molar-refractivity contribution in [2.24, 2.45) is 0 Å². The number of carbonyl (C=O) groups excluding carboxylic acids is 2. The van der Waals surface area contributed by atoms with Crippen molar-refractivity contribution in [3.63, 3.8) is 0 Å². The number of carboxylic acid groups (broad SMARTS) is 1. The molecule has 0 radical (unpaired) electrons. The van der Waals surface area contributed by atoms with Crippen LogP contribution in [0.1, 0.15) is 78.0 Å². The van der Waals surface area contributed by atoms with Crippen LogP contribution in [0, 0.1) is 18.6 Å². The average Bonchev–Trinajstić information content (AvgIpc) is 3.51. The van der Waals surface area contributed by atoms with Gasteiger partial charge in [0.15, 0.2) is 11.5 Å². The van der Waals surface area contributed by atoms with E-state index < -0.39 is 47.4 Å². The Morgan fingerprint density at radius 2 is 1.88 bits per heavy atom. The molecule has 0 fully saturated rings. The van der Waals surface area contributed by atoms with E-state index in [9.17, 15) is 37.1 Å². The van der Waals surface area contributed by atoms with E-state index in [1.807, 2.05) is 0 Å². The first kappa shape index (κ1) is 26.8. The first-order valence-electron chi connectivity index (χ1n) is 12.1. The molecule has 0 spiro atoms. The number of nitrogens with one attached hydrogen (secondary N) is 2. The lowest BCUT2D eigenvalue weighted by Gasteiger charge is -2.16. The zero-order valence-electron chi connectivity index (χ0n) is 20.8. The number of aromatic nitrogens is 3. The van der Waals surface area contributed by atoms with Crippen LogP contribution in [0.3, 0.4) is 0 Å². The minimum atomic E-state index is -3.04. The second-order valence-electron chi connectivity index (χ2n) is 9.27. The van der Waals surface area contributed by atoms with Gasteiger partial charge in [0.25, 0.3) is 18.2 Å². The van der Waals surface area contributed by atoms with Gasteiger partial charge in [0, 0.05) is 12.6 Å². The second kappa shape index (κ2) is 10.4. The lowest BCUT2D eigenvalue weighted by molar-refractivity contribution is 0.0695. The van der Waals surface area contributed by atoms with Crippen LogP contribution in [0.15, 0.2) is 42.6 Å². The summed E-state index contributed by atoms with van der Waals surface area (Å²) < 4.78 is 55.0. The van der Waals surface area contributed by atoms with Crippen LogP contribution in [-0.2, 0) is 13.0 Å². The molecular formula is C27H21F4N5O4. The molecule has 1 atom stereocenters. The van der Waals surface area contributed by atoms with Gasteiger partial charge >= 0.3 is 5.97 Å². The monoisotopic (exact) mass is 555 g/mol. The molecule has 0 unspecified atom stereocenters. The van der Waals surface area contributed by atoms with Gasteiger partial charge in [-0.25, -0.2) is 31.9 Å². The fraction of sp³-hybridized carbons (Fsp3) is 0.222. The summed E-state index contributed by atoms with van der Waals surface area (Å²) in [5.74, 6) is -4.52. The van der Waals surface area contributed by atoms with Crippen molar-refractivity contribution in [2.45, 2.75) is 38.8 Å². The number of carbonyl (C=O) groups is 3. The number of carboxylic acids is 1. The van der Waals surface area contributed by atoms with Crippen molar-refractivity contribution >= 4 is 23.4 Å². The Balaban J connectivity index is 1.39. The molecule has 0 saturated carbocycles. The number of amides is 2. The van der Waals surface area contributed by atoms with E-state index in [4.69, 9.17) is 0 Å². The van der Waals surface area contributed by atoms with E-state index >= 15 is 0 Å². The molecule has 3 N–H and O–H groups in total. The van der Waals surface area contributed by atoms with E-state index in [1.165, 1.54) is 12.1 Å². The van der Waals surface area contributed by atoms with Crippen LogP contribution in [-0.4, -0.2) is 37.5 Å². The molecule has 0 bridgehead atoms. The van der Waals surface area contributed by atoms with Crippen molar-refractivity contribution < 1.29 is 37.1 Å². The van der Waals surface area contributed by atoms with E-state index in [2.05, 4.69) is 20.7 Å². The van der Waals surface area contributed by atoms with Gasteiger partial charge in [-0.15, -0.1) is 0 Å². The minimum Gasteiger partial charge on any atom is -0.478 e. The summed E-state index contributed by atoms with van der Waals surface area (Å²) in [4.78, 5) is 41.6. The highest BCUT2D eigenvalue weighted by Crippen LogP contribution is 2.35. The van der Waals surface area contributed by atoms with E-state index in [0.717, 1.165) is 40.0 Å². The molecule has 1 aliphatic carbocycles. The number of alkyl halides is 2. The number of aromatic carboxylic acids is 1. The van der Waals surface area contributed by atoms with E-state index in [1.54, 1.807) is 13.0 Å². The lowest BCUT2D eigenvalue weighted by Crippen LogP contribution is -2.30. The second-order valence-corrected chi connectivity index (χ2v) is 9.27. The molecule has 0 saturated heterocycles. The smallest absolute Gasteiger partial charge is 0.335 e. The normalized spacial score (nSPS) is 14.4. The quantitative estimate of drug-likeness (QED) is 0.292. The highest BCUT2D eigenvalue weighted by Gasteiger charge is 2.29. The predicted molar refractivity (Wildman–Crippen MR) is 132 cm³/mol. The summed E-state index contributed by atoms with van der Waals surface area (Å²) in [6.07, 6.45) is -1.16. The van der Waals surface area contributed by atoms with E-state index in [0.29, 0.717) is 18.4 Å². The number of hydrogen-bond donors (Lipinski definition) is 3. The number of fused-ring (bicyclic) bond motifs is 2. The van der Waals surface area contributed by atoms with Crippen molar-refractivity contribution in [2.75, 3.05) is 0 Å². The summed E-state index contributed by atoms with van der Waals surface area (Å²) in [6, 6.07) is 6.79. The summed E-state index contributed by atoms with van der Waals surface area (Å²) in [5, 5.41) is 18.5. The summed E-state index contributed by atoms with van der Waals surface area (Å²) in [7, 11) is 0. The number of halogens is 4. The molecule has 2 aromatic carbocycles. The third kappa shape index (κ3) is 4.85. The molecule has 40 heavy (non-hydrogen) atoms. The topological polar surface area (TPSA) is 126 Å². The fourth-order valence-electron chi connectivity index (χ4n) is 4.85. The van der Waals surface area contributed by atoms with E-state index in [-0.39, 0.29) is 34.7 Å². The Morgan fingerprint density at radius 1 is 1.10 bits per heavy atom. The first-order chi connectivity index (χ1) is 19.0. The minimum absolute atomic E-state index is 0.176. The van der Waals surface area contributed by atoms with Gasteiger partial charge in [0.1, 0.15) is 17.2 Å². The Hall–Kier alpha value is -4.81. The number of rotatable bonds is 7. The van der Waals surface area contributed by atoms with Gasteiger partial charge in [-0.1, -0.05) is 12.1 Å². The van der Waals surface area contributed by atoms with Crippen LogP contribution in [0.25, 0.3) is 5.65 Å². The molecule has 2 amide bonds. The number of nitrogens with zero attached hydrogens (tertiary/aromatic N) is 3. The summed E-state index contributed by atoms with van der Waals surface area (Å²) in [6.45, 7) is 1.45. The van der Waals surface area contributed by atoms with Gasteiger partial charge in [-0.05, 0) is 60.2 Å². The molecule has 1 aliphatic rings. The largest absolute Gasteiger partial charge is 0.478 e. The molecule has 2 heterocycles. The van der Waals surface area contributed by atoms with Gasteiger partial charge in [-0.2, -0.15) is 5.10 Å². The van der Waals surface area contributed by atoms with Gasteiger partial charge in [-0.3, -0.25) is 9.59 Å². The highest BCUT2D eigenvalue weighted by molar-refractivity contribution is 5.98. The molecule has 2 aromatic heterocycles. The standard InChI is InChI=1S/C27H21F4N5O4/c1-12-14-5-7-20(16(14)4-3-15(12)27(39)40)35-26(38)22-9-21(34-24-19(29)11-33-36(22)24)25(37)32-10-13-2-6-18(28)17(8-13)23(30)31/h2-4,6,8-9,11,20,23H,5,7,10H2,1H3,(H,32,37)(H,35,38)(H,39,40)/t20-/m0/s1. The maximum absolute atomic E-state index is 14.4. The SMILES string of the molecule is Cc1c(C(=O)O)ccc2c1CC[C@@H]2NC(=O)c1cc(C(=O)NCc2ccc(F)c(C(F)F)c2)nc2c(F)cnn12. The number of benzene rings is 2. The molecule has 206 valence electrons. The van der Waals surface area contributed by atoms with Crippen LogP contribution >= 0.6 is 0 Å². The van der Waals surface area contributed by atoms with Crippen molar-refractivity contribution in [3.05, 3.63) is 99.0 Å². The molecular weight excluding hydrogens is 534 g/mol. The molecule has 0 aliphatic heterocycles. The Morgan fingerprint density at radius 3 is 2.60 bits per heavy atom. The first-order valence-corrected chi connectivity index (χ1v) is 12.1. The average molecular weight is 555 g/mol. The molecule has 13 heteroatoms. The Labute approximate surface area is 223 Å². The summed E-state index contributed by atoms with van der Waals surface area (Å²) >= 11 is 0. The maximum atomic E-state index is 14.4. The van der Waals surface area contributed by atoms with Crippen molar-refractivity contribution in [3.8, 4) is 0 Å². The maximum Gasteiger partial charge on any atom is 0.335 e. The zero-order chi connectivity index (χ0) is 28.7. The third-order valence-corrected chi connectivity index (χ3v) is 6.87. The van der Waals surface area contributed by atoms with Crippen molar-refractivity contribution in [1.29, 1.82) is 0 Å². The van der Waals surface area contributed by atoms with Crippen LogP contribution in [0.5, 0.6) is 0 Å². The third-order valence-electron chi connectivity index (χ3n) is 6.87. The van der Waals surface area contributed by atoms with Gasteiger partial charge in [0.05, 0.1) is 23.4 Å². The van der Waals surface area contributed by atoms with Crippen LogP contribution in [0.2, 0.25) is 0 Å². The zero-order valence-corrected chi connectivity index (χ0v) is 20.8. The number of hydrogen-bond acceptors (Lipinski definition) is 5. The van der Waals surface area contributed by atoms with Gasteiger partial charge < -0.3 is 15.7 Å². The Bertz CT molecular complexity index is 1690. The molecule has 5 rings (SSSR count). The Kier molecular flexibility index (Phi) is 6.96. The van der Waals surface area contributed by atoms with Crippen LogP contribution < -0.4 is 10.6 Å². The lowest BCUT2D eigenvalue weighted by atomic mass is 9.98. The molecule has 9 nitrogen and oxygen atoms in total. The predicted octanol–water partition coefficient (Wildman–Crippen LogP) is 4.30. The fourth-order valence-corrected chi connectivity index (χ4v) is 4.85.